The number of nitrogens with zero attached hydrogens (tertiary/aromatic N) is 3. The number of para-hydroxylation sites is 1. The quantitative estimate of drug-likeness (QED) is 0.799. The number of halogens is 1. The van der Waals surface area contributed by atoms with Gasteiger partial charge in [-0.1, -0.05) is 23.7 Å². The fourth-order valence-electron chi connectivity index (χ4n) is 2.43. The Kier molecular flexibility index (Phi) is 3.86. The van der Waals surface area contributed by atoms with E-state index in [1.54, 1.807) is 23.1 Å². The molecule has 5 nitrogen and oxygen atoms in total. The van der Waals surface area contributed by atoms with E-state index in [0.717, 1.165) is 12.8 Å². The summed E-state index contributed by atoms with van der Waals surface area (Å²) in [4.78, 5) is 3.90. The number of benzene rings is 1. The van der Waals surface area contributed by atoms with Crippen molar-refractivity contribution in [2.24, 2.45) is 0 Å². The van der Waals surface area contributed by atoms with Crippen LogP contribution in [0.2, 0.25) is 5.02 Å². The second-order valence-corrected chi connectivity index (χ2v) is 6.03. The standard InChI is InChI=1S/C14H16ClN3O2S/c15-11-3-1-2-4-12(11)20-14(5-6-14)13(19,8-21)7-18-10-16-9-17-18/h1-4,9-10,19,21H,5-8H2. The van der Waals surface area contributed by atoms with Gasteiger partial charge in [0.15, 0.2) is 0 Å². The number of hydrogen-bond donors (Lipinski definition) is 2. The molecule has 1 N–H and O–H groups in total. The monoisotopic (exact) mass is 325 g/mol. The lowest BCUT2D eigenvalue weighted by atomic mass is 9.96. The van der Waals surface area contributed by atoms with E-state index in [1.807, 2.05) is 12.1 Å². The average Bonchev–Trinajstić information content (AvgIpc) is 3.10. The summed E-state index contributed by atoms with van der Waals surface area (Å²) >= 11 is 10.5. The largest absolute Gasteiger partial charge is 0.483 e. The van der Waals surface area contributed by atoms with Gasteiger partial charge in [0.05, 0.1) is 11.6 Å². The molecule has 1 aliphatic carbocycles. The second kappa shape index (κ2) is 5.51. The highest BCUT2D eigenvalue weighted by atomic mass is 35.5. The molecule has 0 saturated heterocycles. The van der Waals surface area contributed by atoms with Gasteiger partial charge in [0.1, 0.15) is 29.6 Å². The normalized spacial score (nSPS) is 19.0. The molecule has 0 amide bonds. The van der Waals surface area contributed by atoms with Crippen molar-refractivity contribution in [2.45, 2.75) is 30.6 Å². The van der Waals surface area contributed by atoms with Crippen LogP contribution in [0.5, 0.6) is 5.75 Å². The van der Waals surface area contributed by atoms with Crippen molar-refractivity contribution in [1.29, 1.82) is 0 Å². The Morgan fingerprint density at radius 3 is 2.76 bits per heavy atom. The zero-order valence-corrected chi connectivity index (χ0v) is 13.0. The summed E-state index contributed by atoms with van der Waals surface area (Å²) in [5.41, 5.74) is -1.81. The Balaban J connectivity index is 1.84. The number of aliphatic hydroxyl groups is 1. The fourth-order valence-corrected chi connectivity index (χ4v) is 3.00. The Morgan fingerprint density at radius 2 is 2.19 bits per heavy atom. The maximum atomic E-state index is 11.0. The molecule has 7 heteroatoms. The van der Waals surface area contributed by atoms with Crippen LogP contribution in [0.1, 0.15) is 12.8 Å². The molecule has 1 unspecified atom stereocenters. The van der Waals surface area contributed by atoms with Crippen molar-refractivity contribution in [3.05, 3.63) is 41.9 Å². The van der Waals surface area contributed by atoms with Crippen molar-refractivity contribution < 1.29 is 9.84 Å². The first-order valence-corrected chi connectivity index (χ1v) is 7.69. The van der Waals surface area contributed by atoms with Gasteiger partial charge in [0, 0.05) is 5.75 Å². The fraction of sp³-hybridized carbons (Fsp3) is 0.429. The molecule has 1 aliphatic rings. The molecular formula is C14H16ClN3O2S. The number of hydrogen-bond acceptors (Lipinski definition) is 5. The molecule has 112 valence electrons. The maximum Gasteiger partial charge on any atom is 0.140 e. The first kappa shape index (κ1) is 14.7. The maximum absolute atomic E-state index is 11.0. The Labute approximate surface area is 133 Å². The van der Waals surface area contributed by atoms with Gasteiger partial charge in [-0.15, -0.1) is 0 Å². The van der Waals surface area contributed by atoms with Crippen molar-refractivity contribution in [3.8, 4) is 5.75 Å². The van der Waals surface area contributed by atoms with Crippen LogP contribution in [0.4, 0.5) is 0 Å². The van der Waals surface area contributed by atoms with E-state index in [-0.39, 0.29) is 12.3 Å². The van der Waals surface area contributed by atoms with E-state index in [1.165, 1.54) is 6.33 Å². The van der Waals surface area contributed by atoms with Gasteiger partial charge in [0.25, 0.3) is 0 Å². The summed E-state index contributed by atoms with van der Waals surface area (Å²) in [6.07, 6.45) is 4.52. The molecule has 2 aromatic rings. The Hall–Kier alpha value is -1.24. The van der Waals surface area contributed by atoms with Gasteiger partial charge < -0.3 is 9.84 Å². The summed E-state index contributed by atoms with van der Waals surface area (Å²) in [7, 11) is 0. The summed E-state index contributed by atoms with van der Waals surface area (Å²) in [6.45, 7) is 0.279. The molecule has 0 bridgehead atoms. The highest BCUT2D eigenvalue weighted by Gasteiger charge is 2.61. The smallest absolute Gasteiger partial charge is 0.140 e. The van der Waals surface area contributed by atoms with E-state index < -0.39 is 11.2 Å². The van der Waals surface area contributed by atoms with E-state index in [0.29, 0.717) is 10.8 Å². The number of aromatic nitrogens is 3. The van der Waals surface area contributed by atoms with Crippen LogP contribution in [-0.4, -0.2) is 36.8 Å². The van der Waals surface area contributed by atoms with Crippen LogP contribution >= 0.6 is 24.2 Å². The molecule has 3 rings (SSSR count). The highest BCUT2D eigenvalue weighted by Crippen LogP contribution is 2.50. The minimum atomic E-state index is -1.14. The van der Waals surface area contributed by atoms with E-state index in [2.05, 4.69) is 22.7 Å². The van der Waals surface area contributed by atoms with Crippen LogP contribution in [0.3, 0.4) is 0 Å². The zero-order chi connectivity index (χ0) is 14.9. The van der Waals surface area contributed by atoms with E-state index in [4.69, 9.17) is 16.3 Å². The summed E-state index contributed by atoms with van der Waals surface area (Å²) in [5.74, 6) is 0.840. The van der Waals surface area contributed by atoms with Gasteiger partial charge >= 0.3 is 0 Å². The van der Waals surface area contributed by atoms with Gasteiger partial charge in [-0.2, -0.15) is 17.7 Å². The van der Waals surface area contributed by atoms with Crippen molar-refractivity contribution in [2.75, 3.05) is 5.75 Å². The van der Waals surface area contributed by atoms with E-state index >= 15 is 0 Å². The zero-order valence-electron chi connectivity index (χ0n) is 11.3. The van der Waals surface area contributed by atoms with Crippen molar-refractivity contribution in [3.63, 3.8) is 0 Å². The van der Waals surface area contributed by atoms with Crippen LogP contribution in [0.25, 0.3) is 0 Å². The van der Waals surface area contributed by atoms with Crippen molar-refractivity contribution in [1.82, 2.24) is 14.8 Å². The second-order valence-electron chi connectivity index (χ2n) is 5.31. The molecule has 1 saturated carbocycles. The molecule has 1 aromatic heterocycles. The minimum absolute atomic E-state index is 0.261. The predicted octanol–water partition coefficient (Wildman–Crippen LogP) is 2.20. The molecule has 1 fully saturated rings. The topological polar surface area (TPSA) is 60.2 Å². The molecule has 21 heavy (non-hydrogen) atoms. The summed E-state index contributed by atoms with van der Waals surface area (Å²) < 4.78 is 7.65. The number of rotatable bonds is 6. The SMILES string of the molecule is OC(CS)(Cn1cncn1)C1(Oc2ccccc2Cl)CC1. The summed E-state index contributed by atoms with van der Waals surface area (Å²) in [6, 6.07) is 7.27. The van der Waals surface area contributed by atoms with Crippen LogP contribution in [-0.2, 0) is 6.54 Å². The molecular weight excluding hydrogens is 310 g/mol. The third-order valence-electron chi connectivity index (χ3n) is 3.85. The molecule has 1 heterocycles. The molecule has 1 atom stereocenters. The van der Waals surface area contributed by atoms with Gasteiger partial charge in [-0.05, 0) is 25.0 Å². The summed E-state index contributed by atoms with van der Waals surface area (Å²) in [5, 5.41) is 15.6. The first-order chi connectivity index (χ1) is 10.1. The van der Waals surface area contributed by atoms with Gasteiger partial charge in [-0.25, -0.2) is 9.67 Å². The molecule has 0 radical (unpaired) electrons. The lowest BCUT2D eigenvalue weighted by Crippen LogP contribution is -2.53. The molecule has 1 aromatic carbocycles. The average molecular weight is 326 g/mol. The lowest BCUT2D eigenvalue weighted by molar-refractivity contribution is -0.0738. The minimum Gasteiger partial charge on any atom is -0.483 e. The predicted molar refractivity (Wildman–Crippen MR) is 82.9 cm³/mol. The Bertz CT molecular complexity index is 618. The highest BCUT2D eigenvalue weighted by molar-refractivity contribution is 7.80. The Morgan fingerprint density at radius 1 is 1.43 bits per heavy atom. The first-order valence-electron chi connectivity index (χ1n) is 6.68. The molecule has 0 spiro atoms. The number of ether oxygens (including phenoxy) is 1. The van der Waals surface area contributed by atoms with Crippen molar-refractivity contribution >= 4 is 24.2 Å². The van der Waals surface area contributed by atoms with Gasteiger partial charge in [0.2, 0.25) is 0 Å². The third-order valence-corrected chi connectivity index (χ3v) is 4.68. The van der Waals surface area contributed by atoms with E-state index in [9.17, 15) is 5.11 Å². The third kappa shape index (κ3) is 2.75. The van der Waals surface area contributed by atoms with Crippen LogP contribution in [0, 0.1) is 0 Å². The van der Waals surface area contributed by atoms with Gasteiger partial charge in [-0.3, -0.25) is 0 Å². The lowest BCUT2D eigenvalue weighted by Gasteiger charge is -2.35. The van der Waals surface area contributed by atoms with Crippen LogP contribution < -0.4 is 4.74 Å². The molecule has 0 aliphatic heterocycles. The number of thiol groups is 1. The van der Waals surface area contributed by atoms with Crippen LogP contribution in [0.15, 0.2) is 36.9 Å².